The van der Waals surface area contributed by atoms with Gasteiger partial charge in [0.2, 0.25) is 0 Å². The van der Waals surface area contributed by atoms with E-state index >= 15 is 0 Å². The van der Waals surface area contributed by atoms with Gasteiger partial charge in [0.05, 0.1) is 73.2 Å². The molecule has 0 aromatic carbocycles. The molecule has 0 saturated heterocycles. The summed E-state index contributed by atoms with van der Waals surface area (Å²) in [5, 5.41) is 121. The summed E-state index contributed by atoms with van der Waals surface area (Å²) in [4.78, 5) is 0. The molecule has 0 aliphatic rings. The lowest BCUT2D eigenvalue weighted by molar-refractivity contribution is -0.0152. The maximum atomic E-state index is 10.2. The monoisotopic (exact) mass is 626 g/mol. The van der Waals surface area contributed by atoms with E-state index in [1.807, 2.05) is 0 Å². The third-order valence-corrected chi connectivity index (χ3v) is 7.57. The molecule has 0 aromatic heterocycles. The molecule has 0 aromatic rings. The van der Waals surface area contributed by atoms with Crippen molar-refractivity contribution in [2.24, 2.45) is 0 Å². The van der Waals surface area contributed by atoms with Crippen molar-refractivity contribution in [1.82, 2.24) is 0 Å². The van der Waals surface area contributed by atoms with Crippen molar-refractivity contribution in [2.45, 2.75) is 183 Å². The van der Waals surface area contributed by atoms with E-state index in [0.717, 1.165) is 19.3 Å². The van der Waals surface area contributed by atoms with Crippen molar-refractivity contribution < 1.29 is 61.3 Å². The first kappa shape index (κ1) is 42.3. The van der Waals surface area contributed by atoms with Crippen molar-refractivity contribution in [1.29, 1.82) is 0 Å². The number of unbranched alkanes of at least 4 members (excludes halogenated alkanes) is 2. The van der Waals surface area contributed by atoms with Crippen LogP contribution in [0.4, 0.5) is 0 Å². The van der Waals surface area contributed by atoms with Crippen LogP contribution >= 0.6 is 0 Å². The summed E-state index contributed by atoms with van der Waals surface area (Å²) in [6, 6.07) is 0. The Kier molecular flexibility index (Phi) is 24.1. The van der Waals surface area contributed by atoms with E-state index in [0.29, 0.717) is 12.8 Å². The third-order valence-electron chi connectivity index (χ3n) is 7.57. The molecule has 12 N–H and O–H groups in total. The summed E-state index contributed by atoms with van der Waals surface area (Å²) in [5.41, 5.74) is 0. The molecule has 0 aliphatic heterocycles. The maximum Gasteiger partial charge on any atom is 0.0599 e. The van der Waals surface area contributed by atoms with Crippen LogP contribution in [0.5, 0.6) is 0 Å². The molecule has 0 amide bonds. The third kappa shape index (κ3) is 24.2. The molecule has 12 atom stereocenters. The highest BCUT2D eigenvalue weighted by Crippen LogP contribution is 2.19. The Bertz CT molecular complexity index is 671. The Morgan fingerprint density at radius 3 is 0.837 bits per heavy atom. The number of hydrogen-bond donors (Lipinski definition) is 12. The summed E-state index contributed by atoms with van der Waals surface area (Å²) < 4.78 is 0. The second kappa shape index (κ2) is 24.5. The number of rotatable bonds is 28. The summed E-state index contributed by atoms with van der Waals surface area (Å²) in [6.45, 7) is 5.56. The van der Waals surface area contributed by atoms with Crippen molar-refractivity contribution in [2.75, 3.05) is 0 Å². The quantitative estimate of drug-likeness (QED) is 0.0398. The molecule has 12 heteroatoms. The van der Waals surface area contributed by atoms with Crippen LogP contribution in [0.1, 0.15) is 110 Å². The lowest BCUT2D eigenvalue weighted by Gasteiger charge is -2.24. The average molecular weight is 627 g/mol. The SMILES string of the molecule is C=CCC(O)CC(O)CC(O)CC(O)CC(O)CC(O)CC(O)CC(O)CC(O)CC(O)CC(O)CC(O)CCCCC. The van der Waals surface area contributed by atoms with Gasteiger partial charge in [0.15, 0.2) is 0 Å². The lowest BCUT2D eigenvalue weighted by atomic mass is 9.94. The Morgan fingerprint density at radius 1 is 0.372 bits per heavy atom. The first-order valence-corrected chi connectivity index (χ1v) is 15.9. The molecule has 0 radical (unpaired) electrons. The zero-order valence-electron chi connectivity index (χ0n) is 25.9. The molecule has 0 rings (SSSR count). The van der Waals surface area contributed by atoms with Crippen molar-refractivity contribution in [3.63, 3.8) is 0 Å². The fraction of sp³-hybridized carbons (Fsp3) is 0.935. The smallest absolute Gasteiger partial charge is 0.0599 e. The van der Waals surface area contributed by atoms with E-state index in [-0.39, 0.29) is 70.6 Å². The fourth-order valence-electron chi connectivity index (χ4n) is 5.45. The van der Waals surface area contributed by atoms with Gasteiger partial charge in [0, 0.05) is 0 Å². The van der Waals surface area contributed by atoms with Crippen LogP contribution in [-0.4, -0.2) is 135 Å². The molecule has 0 heterocycles. The minimum atomic E-state index is -1.15. The Morgan fingerprint density at radius 2 is 0.605 bits per heavy atom. The molecular formula is C31H62O12. The molecule has 0 bridgehead atoms. The van der Waals surface area contributed by atoms with Gasteiger partial charge in [-0.1, -0.05) is 32.3 Å². The van der Waals surface area contributed by atoms with Gasteiger partial charge >= 0.3 is 0 Å². The van der Waals surface area contributed by atoms with Crippen LogP contribution in [0.2, 0.25) is 0 Å². The Hall–Kier alpha value is -0.740. The molecule has 0 spiro atoms. The molecule has 258 valence electrons. The normalized spacial score (nSPS) is 20.7. The van der Waals surface area contributed by atoms with Crippen LogP contribution in [-0.2, 0) is 0 Å². The van der Waals surface area contributed by atoms with Gasteiger partial charge in [-0.2, -0.15) is 0 Å². The maximum absolute atomic E-state index is 10.2. The number of aliphatic hydroxyl groups is 12. The van der Waals surface area contributed by atoms with E-state index in [9.17, 15) is 61.3 Å². The fourth-order valence-corrected chi connectivity index (χ4v) is 5.45. The minimum absolute atomic E-state index is 0.0228. The standard InChI is InChI=1S/C31H62O12/c1-3-5-6-8-21(33)10-23(35)12-25(37)14-27(39)16-29(41)18-31(43)19-30(42)17-28(40)15-26(38)13-24(36)11-22(34)9-20(32)7-4-2/h4,20-43H,2-3,5-19H2,1H3. The van der Waals surface area contributed by atoms with Crippen molar-refractivity contribution >= 4 is 0 Å². The van der Waals surface area contributed by atoms with Crippen LogP contribution in [0, 0.1) is 0 Å². The van der Waals surface area contributed by atoms with Gasteiger partial charge in [0.25, 0.3) is 0 Å². The Labute approximate surface area is 257 Å². The van der Waals surface area contributed by atoms with Gasteiger partial charge < -0.3 is 61.3 Å². The average Bonchev–Trinajstić information content (AvgIpc) is 2.82. The van der Waals surface area contributed by atoms with E-state index in [1.54, 1.807) is 0 Å². The zero-order valence-corrected chi connectivity index (χ0v) is 25.9. The van der Waals surface area contributed by atoms with Gasteiger partial charge in [-0.15, -0.1) is 6.58 Å². The van der Waals surface area contributed by atoms with Crippen molar-refractivity contribution in [3.8, 4) is 0 Å². The zero-order chi connectivity index (χ0) is 32.9. The highest BCUT2D eigenvalue weighted by Gasteiger charge is 2.25. The molecule has 43 heavy (non-hydrogen) atoms. The van der Waals surface area contributed by atoms with E-state index in [2.05, 4.69) is 13.5 Å². The van der Waals surface area contributed by atoms with Crippen LogP contribution in [0.15, 0.2) is 12.7 Å². The van der Waals surface area contributed by atoms with E-state index < -0.39 is 73.2 Å². The van der Waals surface area contributed by atoms with Gasteiger partial charge in [0.1, 0.15) is 0 Å². The van der Waals surface area contributed by atoms with Gasteiger partial charge in [-0.25, -0.2) is 0 Å². The van der Waals surface area contributed by atoms with E-state index in [4.69, 9.17) is 0 Å². The molecule has 12 unspecified atom stereocenters. The summed E-state index contributed by atoms with van der Waals surface area (Å²) in [6.07, 6.45) is -7.79. The number of hydrogen-bond acceptors (Lipinski definition) is 12. The summed E-state index contributed by atoms with van der Waals surface area (Å²) in [5.74, 6) is 0. The molecule has 0 fully saturated rings. The molecular weight excluding hydrogens is 564 g/mol. The molecule has 0 aliphatic carbocycles. The minimum Gasteiger partial charge on any atom is -0.393 e. The van der Waals surface area contributed by atoms with Crippen LogP contribution < -0.4 is 0 Å². The molecule has 12 nitrogen and oxygen atoms in total. The largest absolute Gasteiger partial charge is 0.393 e. The van der Waals surface area contributed by atoms with Crippen molar-refractivity contribution in [3.05, 3.63) is 12.7 Å². The predicted molar refractivity (Wildman–Crippen MR) is 162 cm³/mol. The predicted octanol–water partition coefficient (Wildman–Crippen LogP) is -0.235. The second-order valence-electron chi connectivity index (χ2n) is 12.5. The van der Waals surface area contributed by atoms with Crippen LogP contribution in [0.25, 0.3) is 0 Å². The first-order chi connectivity index (χ1) is 20.1. The molecule has 0 saturated carbocycles. The number of aliphatic hydroxyl groups excluding tert-OH is 12. The highest BCUT2D eigenvalue weighted by molar-refractivity contribution is 4.79. The topological polar surface area (TPSA) is 243 Å². The Balaban J connectivity index is 4.28. The highest BCUT2D eigenvalue weighted by atomic mass is 16.3. The second-order valence-corrected chi connectivity index (χ2v) is 12.5. The van der Waals surface area contributed by atoms with Crippen LogP contribution in [0.3, 0.4) is 0 Å². The van der Waals surface area contributed by atoms with Gasteiger partial charge in [-0.3, -0.25) is 0 Å². The summed E-state index contributed by atoms with van der Waals surface area (Å²) in [7, 11) is 0. The summed E-state index contributed by atoms with van der Waals surface area (Å²) >= 11 is 0. The first-order valence-electron chi connectivity index (χ1n) is 15.9. The van der Waals surface area contributed by atoms with E-state index in [1.165, 1.54) is 6.08 Å². The lowest BCUT2D eigenvalue weighted by Crippen LogP contribution is -2.31. The van der Waals surface area contributed by atoms with Gasteiger partial charge in [-0.05, 0) is 83.5 Å².